The molecule has 0 fully saturated rings. The first-order valence-corrected chi connectivity index (χ1v) is 7.38. The maximum absolute atomic E-state index is 13.8. The van der Waals surface area contributed by atoms with Crippen molar-refractivity contribution >= 4 is 5.78 Å². The molecule has 0 spiro atoms. The van der Waals surface area contributed by atoms with Crippen LogP contribution < -0.4 is 5.56 Å². The second kappa shape index (κ2) is 6.42. The molecule has 1 N–H and O–H groups in total. The van der Waals surface area contributed by atoms with Crippen molar-refractivity contribution in [2.75, 3.05) is 0 Å². The van der Waals surface area contributed by atoms with Crippen LogP contribution in [0.2, 0.25) is 0 Å². The number of halogens is 4. The number of rotatable bonds is 4. The Morgan fingerprint density at radius 1 is 1.20 bits per heavy atom. The lowest BCUT2D eigenvalue weighted by Crippen LogP contribution is -2.24. The van der Waals surface area contributed by atoms with E-state index in [4.69, 9.17) is 0 Å². The van der Waals surface area contributed by atoms with Gasteiger partial charge >= 0.3 is 6.18 Å². The number of carbonyl (C=O) groups excluding carboxylic acids is 1. The molecule has 0 aliphatic carbocycles. The van der Waals surface area contributed by atoms with E-state index in [1.165, 1.54) is 6.92 Å². The molecule has 1 aromatic heterocycles. The largest absolute Gasteiger partial charge is 0.419 e. The number of hydrogen-bond donors (Lipinski definition) is 1. The maximum Gasteiger partial charge on any atom is 0.419 e. The van der Waals surface area contributed by atoms with Gasteiger partial charge in [-0.2, -0.15) is 13.2 Å². The molecule has 0 bridgehead atoms. The van der Waals surface area contributed by atoms with Crippen LogP contribution in [0.4, 0.5) is 17.6 Å². The molecule has 0 atom stereocenters. The zero-order valence-electron chi connectivity index (χ0n) is 13.8. The number of ketones is 1. The Bertz CT molecular complexity index is 870. The minimum absolute atomic E-state index is 0.0401. The zero-order chi connectivity index (χ0) is 19.0. The Balaban J connectivity index is 2.31. The van der Waals surface area contributed by atoms with Crippen LogP contribution in [-0.2, 0) is 11.6 Å². The van der Waals surface area contributed by atoms with Crippen LogP contribution >= 0.6 is 0 Å². The zero-order valence-corrected chi connectivity index (χ0v) is 13.8. The van der Waals surface area contributed by atoms with Crippen LogP contribution in [-0.4, -0.2) is 15.8 Å². The predicted octanol–water partition coefficient (Wildman–Crippen LogP) is 3.79. The second-order valence-corrected chi connectivity index (χ2v) is 6.39. The number of alkyl halides is 3. The highest BCUT2D eigenvalue weighted by Crippen LogP contribution is 2.35. The molecule has 0 saturated heterocycles. The highest BCUT2D eigenvalue weighted by molar-refractivity contribution is 5.95. The normalized spacial score (nSPS) is 12.3. The van der Waals surface area contributed by atoms with E-state index in [1.807, 2.05) is 0 Å². The first kappa shape index (κ1) is 18.8. The number of aromatic nitrogens is 2. The van der Waals surface area contributed by atoms with Crippen LogP contribution in [0.3, 0.4) is 0 Å². The third-order valence-electron chi connectivity index (χ3n) is 3.80. The molecule has 0 amide bonds. The summed E-state index contributed by atoms with van der Waals surface area (Å²) < 4.78 is 51.7. The van der Waals surface area contributed by atoms with E-state index in [1.54, 1.807) is 13.8 Å². The van der Waals surface area contributed by atoms with Crippen LogP contribution in [0.25, 0.3) is 0 Å². The smallest absolute Gasteiger partial charge is 0.311 e. The van der Waals surface area contributed by atoms with Crippen molar-refractivity contribution < 1.29 is 22.4 Å². The number of benzene rings is 1. The van der Waals surface area contributed by atoms with Crippen molar-refractivity contribution in [2.24, 2.45) is 0 Å². The number of aryl methyl sites for hydroxylation is 1. The van der Waals surface area contributed by atoms with Crippen LogP contribution in [0.1, 0.15) is 47.7 Å². The Morgan fingerprint density at radius 2 is 1.84 bits per heavy atom. The van der Waals surface area contributed by atoms with E-state index >= 15 is 0 Å². The molecule has 4 nitrogen and oxygen atoms in total. The lowest BCUT2D eigenvalue weighted by molar-refractivity contribution is -0.140. The van der Waals surface area contributed by atoms with Crippen molar-refractivity contribution in [3.63, 3.8) is 0 Å². The molecule has 1 heterocycles. The number of H-pyrrole nitrogens is 1. The standard InChI is InChI=1S/C17H16F4N2O2/c1-9-22-13(7-15(25)23-9)14(24)8-16(2,3)10-4-5-11(12(18)6-10)17(19,20)21/h4-7H,8H2,1-3H3,(H,22,23,25). The van der Waals surface area contributed by atoms with Gasteiger partial charge in [-0.25, -0.2) is 9.37 Å². The fourth-order valence-electron chi connectivity index (χ4n) is 2.48. The molecule has 1 aromatic carbocycles. The van der Waals surface area contributed by atoms with Gasteiger partial charge in [0.2, 0.25) is 0 Å². The highest BCUT2D eigenvalue weighted by atomic mass is 19.4. The molecule has 0 saturated carbocycles. The molecule has 2 rings (SSSR count). The summed E-state index contributed by atoms with van der Waals surface area (Å²) in [5.74, 6) is -1.58. The van der Waals surface area contributed by atoms with Gasteiger partial charge in [0, 0.05) is 12.5 Å². The number of Topliss-reactive ketones (excluding diaryl/α,β-unsaturated/α-hetero) is 1. The van der Waals surface area contributed by atoms with Gasteiger partial charge in [-0.1, -0.05) is 19.9 Å². The average Bonchev–Trinajstić information content (AvgIpc) is 2.44. The summed E-state index contributed by atoms with van der Waals surface area (Å²) in [6.07, 6.45) is -4.93. The summed E-state index contributed by atoms with van der Waals surface area (Å²) in [5, 5.41) is 0. The second-order valence-electron chi connectivity index (χ2n) is 6.39. The third kappa shape index (κ3) is 4.32. The average molecular weight is 356 g/mol. The topological polar surface area (TPSA) is 62.8 Å². The van der Waals surface area contributed by atoms with Crippen LogP contribution in [0, 0.1) is 12.7 Å². The lowest BCUT2D eigenvalue weighted by atomic mass is 9.79. The van der Waals surface area contributed by atoms with Crippen molar-refractivity contribution in [1.82, 2.24) is 9.97 Å². The van der Waals surface area contributed by atoms with Crippen molar-refractivity contribution in [3.05, 3.63) is 63.1 Å². The molecule has 134 valence electrons. The van der Waals surface area contributed by atoms with Gasteiger partial charge in [0.1, 0.15) is 17.3 Å². The highest BCUT2D eigenvalue weighted by Gasteiger charge is 2.35. The van der Waals surface area contributed by atoms with E-state index in [2.05, 4.69) is 9.97 Å². The van der Waals surface area contributed by atoms with Gasteiger partial charge < -0.3 is 4.98 Å². The molecule has 0 aliphatic heterocycles. The Morgan fingerprint density at radius 3 is 2.36 bits per heavy atom. The van der Waals surface area contributed by atoms with Crippen LogP contribution in [0.15, 0.2) is 29.1 Å². The van der Waals surface area contributed by atoms with Gasteiger partial charge in [-0.15, -0.1) is 0 Å². The molecule has 0 aliphatic rings. The van der Waals surface area contributed by atoms with Crippen molar-refractivity contribution in [3.8, 4) is 0 Å². The molecule has 2 aromatic rings. The monoisotopic (exact) mass is 356 g/mol. The first-order valence-electron chi connectivity index (χ1n) is 7.38. The predicted molar refractivity (Wildman–Crippen MR) is 83.0 cm³/mol. The van der Waals surface area contributed by atoms with Gasteiger partial charge in [0.05, 0.1) is 5.56 Å². The quantitative estimate of drug-likeness (QED) is 0.670. The molecule has 0 unspecified atom stereocenters. The summed E-state index contributed by atoms with van der Waals surface area (Å²) in [6, 6.07) is 3.65. The first-order chi connectivity index (χ1) is 11.4. The maximum atomic E-state index is 13.8. The van der Waals surface area contributed by atoms with Gasteiger partial charge in [-0.3, -0.25) is 9.59 Å². The summed E-state index contributed by atoms with van der Waals surface area (Å²) >= 11 is 0. The van der Waals surface area contributed by atoms with Crippen LogP contribution in [0.5, 0.6) is 0 Å². The van der Waals surface area contributed by atoms with Gasteiger partial charge in [0.25, 0.3) is 5.56 Å². The number of nitrogens with one attached hydrogen (secondary N) is 1. The molecule has 8 heteroatoms. The summed E-state index contributed by atoms with van der Waals surface area (Å²) in [4.78, 5) is 30.1. The molecular weight excluding hydrogens is 340 g/mol. The van der Waals surface area contributed by atoms with Gasteiger partial charge in [0.15, 0.2) is 5.78 Å². The Kier molecular flexibility index (Phi) is 4.83. The van der Waals surface area contributed by atoms with E-state index in [0.29, 0.717) is 6.07 Å². The number of carbonyl (C=O) groups is 1. The van der Waals surface area contributed by atoms with E-state index in [0.717, 1.165) is 18.2 Å². The van der Waals surface area contributed by atoms with Gasteiger partial charge in [-0.05, 0) is 30.0 Å². The summed E-state index contributed by atoms with van der Waals surface area (Å²) in [7, 11) is 0. The molecule has 0 radical (unpaired) electrons. The van der Waals surface area contributed by atoms with E-state index < -0.39 is 34.3 Å². The molecular formula is C17H16F4N2O2. The van der Waals surface area contributed by atoms with E-state index in [-0.39, 0.29) is 23.5 Å². The molecule has 25 heavy (non-hydrogen) atoms. The SMILES string of the molecule is Cc1nc(C(=O)CC(C)(C)c2ccc(C(F)(F)F)c(F)c2)cc(=O)[nH]1. The fourth-order valence-corrected chi connectivity index (χ4v) is 2.48. The summed E-state index contributed by atoms with van der Waals surface area (Å²) in [6.45, 7) is 4.73. The Labute approximate surface area is 140 Å². The van der Waals surface area contributed by atoms with Crippen molar-refractivity contribution in [2.45, 2.75) is 38.8 Å². The third-order valence-corrected chi connectivity index (χ3v) is 3.80. The number of hydrogen-bond acceptors (Lipinski definition) is 3. The minimum atomic E-state index is -4.78. The van der Waals surface area contributed by atoms with Crippen molar-refractivity contribution in [1.29, 1.82) is 0 Å². The number of nitrogens with zero attached hydrogens (tertiary/aromatic N) is 1. The summed E-state index contributed by atoms with van der Waals surface area (Å²) in [5.41, 5.74) is -2.57. The Hall–Kier alpha value is -2.51. The number of aromatic amines is 1. The van der Waals surface area contributed by atoms with E-state index in [9.17, 15) is 27.2 Å². The fraction of sp³-hybridized carbons (Fsp3) is 0.353. The lowest BCUT2D eigenvalue weighted by Gasteiger charge is -2.25. The minimum Gasteiger partial charge on any atom is -0.311 e.